The van der Waals surface area contributed by atoms with Crippen molar-refractivity contribution in [2.24, 2.45) is 0 Å². The van der Waals surface area contributed by atoms with Crippen LogP contribution in [0.4, 0.5) is 0 Å². The second-order valence-corrected chi connectivity index (χ2v) is 18.8. The van der Waals surface area contributed by atoms with Crippen molar-refractivity contribution in [3.05, 3.63) is 225 Å². The molecule has 8 aromatic carbocycles. The van der Waals surface area contributed by atoms with Gasteiger partial charge in [0.05, 0.1) is 34.3 Å². The maximum Gasteiger partial charge on any atom is 0.179 e. The number of fused-ring (bicyclic) bond motifs is 6. The van der Waals surface area contributed by atoms with E-state index < -0.39 is 8.07 Å². The molecule has 3 nitrogen and oxygen atoms in total. The van der Waals surface area contributed by atoms with E-state index in [9.17, 15) is 0 Å². The van der Waals surface area contributed by atoms with Crippen molar-refractivity contribution in [1.82, 2.24) is 14.5 Å². The van der Waals surface area contributed by atoms with Gasteiger partial charge in [-0.3, -0.25) is 9.97 Å². The molecule has 0 bridgehead atoms. The van der Waals surface area contributed by atoms with Gasteiger partial charge >= 0.3 is 0 Å². The molecule has 3 heterocycles. The maximum atomic E-state index is 5.01. The summed E-state index contributed by atoms with van der Waals surface area (Å²) in [4.78, 5) is 9.68. The zero-order valence-corrected chi connectivity index (χ0v) is 32.7. The lowest BCUT2D eigenvalue weighted by molar-refractivity contribution is 1.18. The molecule has 0 saturated heterocycles. The molecule has 272 valence electrons. The summed E-state index contributed by atoms with van der Waals surface area (Å²) in [7, 11) is -2.63. The highest BCUT2D eigenvalue weighted by Gasteiger charge is 2.41. The van der Waals surface area contributed by atoms with Gasteiger partial charge in [-0.2, -0.15) is 0 Å². The first-order valence-corrected chi connectivity index (χ1v) is 21.8. The molecule has 11 rings (SSSR count). The molecule has 0 atom stereocenters. The first-order valence-electron chi connectivity index (χ1n) is 19.8. The van der Waals surface area contributed by atoms with Crippen LogP contribution in [0.3, 0.4) is 0 Å². The van der Waals surface area contributed by atoms with Crippen LogP contribution >= 0.6 is 0 Å². The van der Waals surface area contributed by atoms with Crippen LogP contribution in [-0.4, -0.2) is 22.6 Å². The highest BCUT2D eigenvalue weighted by Crippen LogP contribution is 2.39. The fourth-order valence-electron chi connectivity index (χ4n) is 9.21. The Balaban J connectivity index is 1.12. The van der Waals surface area contributed by atoms with Gasteiger partial charge in [-0.25, -0.2) is 0 Å². The molecule has 0 amide bonds. The number of hydrogen-bond acceptors (Lipinski definition) is 2. The van der Waals surface area contributed by atoms with E-state index in [0.29, 0.717) is 0 Å². The Morgan fingerprint density at radius 2 is 0.897 bits per heavy atom. The molecule has 0 fully saturated rings. The molecule has 0 aliphatic carbocycles. The predicted molar refractivity (Wildman–Crippen MR) is 246 cm³/mol. The summed E-state index contributed by atoms with van der Waals surface area (Å²) in [5.41, 5.74) is 7.41. The third-order valence-electron chi connectivity index (χ3n) is 11.8. The van der Waals surface area contributed by atoms with E-state index in [4.69, 9.17) is 4.98 Å². The van der Waals surface area contributed by atoms with Crippen molar-refractivity contribution in [3.63, 3.8) is 0 Å². The van der Waals surface area contributed by atoms with Crippen LogP contribution in [0.15, 0.2) is 225 Å². The fourth-order valence-corrected chi connectivity index (χ4v) is 14.0. The Kier molecular flexibility index (Phi) is 8.16. The van der Waals surface area contributed by atoms with Crippen LogP contribution in [0.1, 0.15) is 0 Å². The van der Waals surface area contributed by atoms with Crippen LogP contribution in [0.2, 0.25) is 0 Å². The number of nitrogens with zero attached hydrogens (tertiary/aromatic N) is 3. The SMILES string of the molecule is c1ccc([Si](c2ccccc2)(c2ccccc2)c2ccc(-c3ccc4c(c3)c3cc(-c5ccccn5)ncc3n4-c3cc4ccccc4c4ccccc34)cc2)cc1. The Labute approximate surface area is 338 Å². The van der Waals surface area contributed by atoms with Crippen LogP contribution in [0, 0.1) is 0 Å². The zero-order chi connectivity index (χ0) is 38.5. The van der Waals surface area contributed by atoms with Gasteiger partial charge in [-0.15, -0.1) is 0 Å². The molecule has 0 radical (unpaired) electrons. The van der Waals surface area contributed by atoms with E-state index in [1.807, 2.05) is 30.6 Å². The van der Waals surface area contributed by atoms with E-state index >= 15 is 0 Å². The van der Waals surface area contributed by atoms with E-state index in [1.165, 1.54) is 58.8 Å². The van der Waals surface area contributed by atoms with E-state index in [-0.39, 0.29) is 0 Å². The molecule has 0 spiro atoms. The normalized spacial score (nSPS) is 11.8. The van der Waals surface area contributed by atoms with Crippen molar-refractivity contribution >= 4 is 72.2 Å². The lowest BCUT2D eigenvalue weighted by atomic mass is 10.00. The fraction of sp³-hybridized carbons (Fsp3) is 0. The Morgan fingerprint density at radius 1 is 0.345 bits per heavy atom. The lowest BCUT2D eigenvalue weighted by Crippen LogP contribution is -2.74. The summed E-state index contributed by atoms with van der Waals surface area (Å²) in [6.07, 6.45) is 3.86. The molecule has 4 heteroatoms. The minimum Gasteiger partial charge on any atom is -0.307 e. The second kappa shape index (κ2) is 14.0. The summed E-state index contributed by atoms with van der Waals surface area (Å²) in [5, 5.41) is 12.7. The smallest absolute Gasteiger partial charge is 0.179 e. The average Bonchev–Trinajstić information content (AvgIpc) is 3.63. The first-order chi connectivity index (χ1) is 28.8. The zero-order valence-electron chi connectivity index (χ0n) is 31.7. The standard InChI is InChI=1S/C54H37N3Si/c1-4-17-41(18-5-1)58(42-19-6-2-7-20-42,43-21-8-3-9-22-43)44-30-27-38(28-31-44)39-29-32-52-48(34-39)49-36-51(50-26-14-15-33-55-50)56-37-54(49)57(52)53-35-40-16-10-11-23-45(40)46-24-12-13-25-47(46)53/h1-37H. The topological polar surface area (TPSA) is 30.7 Å². The van der Waals surface area contributed by atoms with Crippen molar-refractivity contribution in [2.45, 2.75) is 0 Å². The van der Waals surface area contributed by atoms with Crippen LogP contribution in [0.5, 0.6) is 0 Å². The van der Waals surface area contributed by atoms with E-state index in [2.05, 4.69) is 204 Å². The predicted octanol–water partition coefficient (Wildman–Crippen LogP) is 10.6. The van der Waals surface area contributed by atoms with Gasteiger partial charge in [0.1, 0.15) is 0 Å². The van der Waals surface area contributed by atoms with Gasteiger partial charge in [-0.05, 0) is 84.4 Å². The molecular weight excluding hydrogens is 719 g/mol. The quantitative estimate of drug-likeness (QED) is 0.0921. The van der Waals surface area contributed by atoms with E-state index in [0.717, 1.165) is 33.5 Å². The number of benzene rings is 8. The Morgan fingerprint density at radius 3 is 1.55 bits per heavy atom. The van der Waals surface area contributed by atoms with Gasteiger partial charge in [0.2, 0.25) is 0 Å². The highest BCUT2D eigenvalue weighted by molar-refractivity contribution is 7.19. The molecule has 0 aliphatic heterocycles. The molecule has 3 aromatic heterocycles. The van der Waals surface area contributed by atoms with Gasteiger partial charge in [0, 0.05) is 22.4 Å². The molecule has 0 N–H and O–H groups in total. The van der Waals surface area contributed by atoms with Gasteiger partial charge in [0.15, 0.2) is 8.07 Å². The molecular formula is C54H37N3Si. The molecule has 0 unspecified atom stereocenters. The van der Waals surface area contributed by atoms with Crippen LogP contribution in [0.25, 0.3) is 71.6 Å². The largest absolute Gasteiger partial charge is 0.307 e. The molecule has 11 aromatic rings. The minimum absolute atomic E-state index is 0.856. The van der Waals surface area contributed by atoms with E-state index in [1.54, 1.807) is 0 Å². The van der Waals surface area contributed by atoms with Crippen molar-refractivity contribution < 1.29 is 0 Å². The molecule has 0 aliphatic rings. The maximum absolute atomic E-state index is 5.01. The number of aromatic nitrogens is 3. The number of hydrogen-bond donors (Lipinski definition) is 0. The number of pyridine rings is 2. The lowest BCUT2D eigenvalue weighted by Gasteiger charge is -2.34. The van der Waals surface area contributed by atoms with Crippen LogP contribution in [-0.2, 0) is 0 Å². The molecule has 0 saturated carbocycles. The summed E-state index contributed by atoms with van der Waals surface area (Å²) < 4.78 is 2.40. The van der Waals surface area contributed by atoms with Gasteiger partial charge < -0.3 is 4.57 Å². The highest BCUT2D eigenvalue weighted by atomic mass is 28.3. The number of rotatable bonds is 7. The Hall–Kier alpha value is -7.40. The van der Waals surface area contributed by atoms with Crippen molar-refractivity contribution in [2.75, 3.05) is 0 Å². The summed E-state index contributed by atoms with van der Waals surface area (Å²) in [6, 6.07) is 77.6. The molecule has 58 heavy (non-hydrogen) atoms. The summed E-state index contributed by atoms with van der Waals surface area (Å²) in [6.45, 7) is 0. The third-order valence-corrected chi connectivity index (χ3v) is 16.6. The summed E-state index contributed by atoms with van der Waals surface area (Å²) in [5.74, 6) is 0. The third kappa shape index (κ3) is 5.41. The van der Waals surface area contributed by atoms with Crippen molar-refractivity contribution in [3.8, 4) is 28.2 Å². The van der Waals surface area contributed by atoms with Crippen LogP contribution < -0.4 is 20.7 Å². The van der Waals surface area contributed by atoms with Crippen molar-refractivity contribution in [1.29, 1.82) is 0 Å². The van der Waals surface area contributed by atoms with Gasteiger partial charge in [0.25, 0.3) is 0 Å². The Bertz CT molecular complexity index is 3160. The first kappa shape index (κ1) is 33.9. The second-order valence-electron chi connectivity index (χ2n) is 15.0. The summed E-state index contributed by atoms with van der Waals surface area (Å²) >= 11 is 0. The van der Waals surface area contributed by atoms with Gasteiger partial charge in [-0.1, -0.05) is 176 Å². The monoisotopic (exact) mass is 755 g/mol. The average molecular weight is 756 g/mol. The minimum atomic E-state index is -2.63.